The number of hydrogen-bond donors (Lipinski definition) is 4. The number of imidazole rings is 2. The molecule has 3 amide bonds. The van der Waals surface area contributed by atoms with Crippen LogP contribution < -0.4 is 10.1 Å². The lowest BCUT2D eigenvalue weighted by Gasteiger charge is -2.27. The molecule has 12 heteroatoms. The van der Waals surface area contributed by atoms with Gasteiger partial charge in [0.25, 0.3) is 0 Å². The van der Waals surface area contributed by atoms with E-state index in [1.165, 1.54) is 0 Å². The van der Waals surface area contributed by atoms with Crippen molar-refractivity contribution in [2.24, 2.45) is 0 Å². The highest BCUT2D eigenvalue weighted by Crippen LogP contribution is 2.42. The van der Waals surface area contributed by atoms with E-state index in [1.54, 1.807) is 4.90 Å². The SMILES string of the molecule is CCCC(=O)N(Cc1ncc(-c2ccc3c(c2)COc2cc4c(ccc5nc(CN(CCC)C(=O)CNC(=O)O)[nH]c54)cc2-3)[nH]1)[C@@H](C)CC. The molecule has 12 nitrogen and oxygen atoms in total. The molecule has 0 saturated heterocycles. The Morgan fingerprint density at radius 1 is 0.980 bits per heavy atom. The normalized spacial score (nSPS) is 12.7. The minimum Gasteiger partial charge on any atom is -0.488 e. The number of ether oxygens (including phenoxy) is 1. The third-order valence-electron chi connectivity index (χ3n) is 9.15. The fourth-order valence-corrected chi connectivity index (χ4v) is 6.41. The summed E-state index contributed by atoms with van der Waals surface area (Å²) >= 11 is 0. The highest BCUT2D eigenvalue weighted by molar-refractivity contribution is 6.07. The van der Waals surface area contributed by atoms with Crippen molar-refractivity contribution in [3.05, 3.63) is 65.9 Å². The van der Waals surface area contributed by atoms with E-state index in [9.17, 15) is 14.4 Å². The number of H-pyrrole nitrogens is 2. The third kappa shape index (κ3) is 7.08. The Balaban J connectivity index is 1.24. The lowest BCUT2D eigenvalue weighted by atomic mass is 9.92. The van der Waals surface area contributed by atoms with Crippen LogP contribution >= 0.6 is 0 Å². The van der Waals surface area contributed by atoms with Crippen LogP contribution in [0.3, 0.4) is 0 Å². The van der Waals surface area contributed by atoms with Crippen molar-refractivity contribution in [1.29, 1.82) is 0 Å². The Morgan fingerprint density at radius 2 is 1.82 bits per heavy atom. The predicted molar refractivity (Wildman–Crippen MR) is 188 cm³/mol. The van der Waals surface area contributed by atoms with Crippen molar-refractivity contribution >= 4 is 39.7 Å². The molecule has 4 N–H and O–H groups in total. The molecule has 1 aliphatic heterocycles. The van der Waals surface area contributed by atoms with E-state index >= 15 is 0 Å². The molecule has 49 heavy (non-hydrogen) atoms. The van der Waals surface area contributed by atoms with Gasteiger partial charge in [-0.2, -0.15) is 0 Å². The van der Waals surface area contributed by atoms with Gasteiger partial charge in [-0.05, 0) is 72.5 Å². The second kappa shape index (κ2) is 14.4. The van der Waals surface area contributed by atoms with E-state index in [-0.39, 0.29) is 30.9 Å². The number of hydrogen-bond acceptors (Lipinski definition) is 6. The van der Waals surface area contributed by atoms with Gasteiger partial charge < -0.3 is 34.9 Å². The number of rotatable bonds is 13. The number of benzene rings is 3. The molecule has 2 aromatic heterocycles. The lowest BCUT2D eigenvalue weighted by Crippen LogP contribution is -2.40. The van der Waals surface area contributed by atoms with Crippen LogP contribution in [0.25, 0.3) is 44.2 Å². The molecule has 0 aliphatic carbocycles. The van der Waals surface area contributed by atoms with Crippen LogP contribution in [0.4, 0.5) is 4.79 Å². The maximum absolute atomic E-state index is 12.8. The summed E-state index contributed by atoms with van der Waals surface area (Å²) in [6.07, 6.45) is 3.56. The largest absolute Gasteiger partial charge is 0.488 e. The second-order valence-corrected chi connectivity index (χ2v) is 12.6. The van der Waals surface area contributed by atoms with Crippen molar-refractivity contribution in [1.82, 2.24) is 35.1 Å². The molecule has 0 unspecified atom stereocenters. The number of fused-ring (bicyclic) bond motifs is 6. The van der Waals surface area contributed by atoms with Crippen LogP contribution in [0.1, 0.15) is 70.6 Å². The van der Waals surface area contributed by atoms with Gasteiger partial charge in [-0.3, -0.25) is 9.59 Å². The number of amides is 3. The van der Waals surface area contributed by atoms with Gasteiger partial charge in [0.2, 0.25) is 11.8 Å². The number of carboxylic acid groups (broad SMARTS) is 1. The first-order valence-corrected chi connectivity index (χ1v) is 17.0. The van der Waals surface area contributed by atoms with E-state index in [2.05, 4.69) is 58.4 Å². The fraction of sp³-hybridized carbons (Fsp3) is 0.378. The minimum absolute atomic E-state index is 0.137. The monoisotopic (exact) mass is 665 g/mol. The second-order valence-electron chi connectivity index (χ2n) is 12.6. The summed E-state index contributed by atoms with van der Waals surface area (Å²) in [7, 11) is 0. The van der Waals surface area contributed by atoms with Crippen LogP contribution in [-0.4, -0.2) is 71.9 Å². The Hall–Kier alpha value is -5.39. The Morgan fingerprint density at radius 3 is 2.57 bits per heavy atom. The van der Waals surface area contributed by atoms with Crippen LogP contribution in [0, 0.1) is 0 Å². The van der Waals surface area contributed by atoms with Crippen LogP contribution in [0.2, 0.25) is 0 Å². The zero-order valence-corrected chi connectivity index (χ0v) is 28.4. The summed E-state index contributed by atoms with van der Waals surface area (Å²) in [6.45, 7) is 9.47. The fourth-order valence-electron chi connectivity index (χ4n) is 6.41. The quantitative estimate of drug-likeness (QED) is 0.110. The molecule has 0 fully saturated rings. The molecule has 0 saturated carbocycles. The molecule has 1 aliphatic rings. The number of nitrogens with one attached hydrogen (secondary N) is 3. The van der Waals surface area contributed by atoms with Crippen molar-refractivity contribution in [3.8, 4) is 28.1 Å². The maximum atomic E-state index is 12.8. The molecule has 0 bridgehead atoms. The average molecular weight is 666 g/mol. The zero-order chi connectivity index (χ0) is 34.7. The molecule has 5 aromatic rings. The molecule has 3 aromatic carbocycles. The highest BCUT2D eigenvalue weighted by Gasteiger charge is 2.23. The zero-order valence-electron chi connectivity index (χ0n) is 28.4. The topological polar surface area (TPSA) is 157 Å². The van der Waals surface area contributed by atoms with Crippen molar-refractivity contribution in [3.63, 3.8) is 0 Å². The standard InChI is InChI=1S/C37H43N7O5/c1-5-8-34(45)44(22(4)7-3)20-32-38-17-30(41-32)24-9-11-26-25(14-24)21-49-31-16-27-23(15-28(26)31)10-12-29-36(27)42-33(40-29)19-43(13-6-2)35(46)18-39-37(47)48/h9-12,14-17,22,39H,5-8,13,18-21H2,1-4H3,(H,38,41)(H,40,42)(H,47,48)/t22-/m0/s1. The molecule has 0 radical (unpaired) electrons. The summed E-state index contributed by atoms with van der Waals surface area (Å²) < 4.78 is 6.31. The predicted octanol–water partition coefficient (Wildman–Crippen LogP) is 6.60. The number of carbonyl (C=O) groups excluding carboxylic acids is 2. The molecule has 6 rings (SSSR count). The first kappa shape index (κ1) is 33.5. The minimum atomic E-state index is -1.23. The van der Waals surface area contributed by atoms with E-state index in [1.807, 2.05) is 43.1 Å². The highest BCUT2D eigenvalue weighted by atomic mass is 16.5. The first-order chi connectivity index (χ1) is 23.7. The van der Waals surface area contributed by atoms with E-state index in [4.69, 9.17) is 14.8 Å². The number of carbonyl (C=O) groups is 3. The van der Waals surface area contributed by atoms with Gasteiger partial charge in [0.1, 0.15) is 30.5 Å². The Kier molecular flexibility index (Phi) is 9.84. The first-order valence-electron chi connectivity index (χ1n) is 17.0. The van der Waals surface area contributed by atoms with Gasteiger partial charge >= 0.3 is 6.09 Å². The molecular weight excluding hydrogens is 622 g/mol. The molecule has 0 spiro atoms. The van der Waals surface area contributed by atoms with Gasteiger partial charge in [0.05, 0.1) is 36.0 Å². The van der Waals surface area contributed by atoms with E-state index < -0.39 is 6.09 Å². The molecular formula is C37H43N7O5. The summed E-state index contributed by atoms with van der Waals surface area (Å²) in [5.74, 6) is 2.01. The summed E-state index contributed by atoms with van der Waals surface area (Å²) in [5, 5.41) is 13.0. The maximum Gasteiger partial charge on any atom is 0.405 e. The van der Waals surface area contributed by atoms with Gasteiger partial charge in [0, 0.05) is 30.0 Å². The summed E-state index contributed by atoms with van der Waals surface area (Å²) in [5.41, 5.74) is 6.71. The van der Waals surface area contributed by atoms with Crippen molar-refractivity contribution < 1.29 is 24.2 Å². The van der Waals surface area contributed by atoms with Crippen molar-refractivity contribution in [2.45, 2.75) is 79.1 Å². The van der Waals surface area contributed by atoms with Gasteiger partial charge in [-0.15, -0.1) is 0 Å². The van der Waals surface area contributed by atoms with Crippen LogP contribution in [-0.2, 0) is 29.3 Å². The molecule has 1 atom stereocenters. The average Bonchev–Trinajstić information content (AvgIpc) is 3.75. The van der Waals surface area contributed by atoms with Crippen LogP contribution in [0.5, 0.6) is 5.75 Å². The summed E-state index contributed by atoms with van der Waals surface area (Å²) in [4.78, 5) is 56.1. The smallest absolute Gasteiger partial charge is 0.405 e. The molecule has 256 valence electrons. The van der Waals surface area contributed by atoms with E-state index in [0.29, 0.717) is 31.9 Å². The third-order valence-corrected chi connectivity index (χ3v) is 9.15. The van der Waals surface area contributed by atoms with Gasteiger partial charge in [-0.25, -0.2) is 14.8 Å². The number of aromatic nitrogens is 4. The van der Waals surface area contributed by atoms with Gasteiger partial charge in [0.15, 0.2) is 0 Å². The van der Waals surface area contributed by atoms with E-state index in [0.717, 1.165) is 80.6 Å². The Labute approximate surface area is 284 Å². The van der Waals surface area contributed by atoms with Crippen LogP contribution in [0.15, 0.2) is 48.7 Å². The number of nitrogens with zero attached hydrogens (tertiary/aromatic N) is 4. The lowest BCUT2D eigenvalue weighted by molar-refractivity contribution is -0.134. The number of aromatic amines is 2. The summed E-state index contributed by atoms with van der Waals surface area (Å²) in [6, 6.07) is 14.7. The Bertz CT molecular complexity index is 2020. The van der Waals surface area contributed by atoms with Crippen molar-refractivity contribution in [2.75, 3.05) is 13.1 Å². The molecule has 3 heterocycles. The van der Waals surface area contributed by atoms with Gasteiger partial charge in [-0.1, -0.05) is 39.0 Å².